The Kier molecular flexibility index (Phi) is 1.88. The minimum Gasteiger partial charge on any atom is -0.369 e. The molecule has 0 radical (unpaired) electrons. The third-order valence-electron chi connectivity index (χ3n) is 1.07. The highest BCUT2D eigenvalue weighted by molar-refractivity contribution is 5.18. The summed E-state index contributed by atoms with van der Waals surface area (Å²) in [6.45, 7) is 0. The number of hydrogen-bond donors (Lipinski definition) is 2. The average Bonchev–Trinajstić information content (AvgIpc) is 1.85. The van der Waals surface area contributed by atoms with E-state index < -0.39 is 0 Å². The van der Waals surface area contributed by atoms with E-state index in [-0.39, 0.29) is 17.9 Å². The van der Waals surface area contributed by atoms with Crippen molar-refractivity contribution < 1.29 is 0 Å². The number of nitrogens with zero attached hydrogens (tertiary/aromatic N) is 2. The molecule has 0 aromatic carbocycles. The predicted octanol–water partition coefficient (Wildman–Crippen LogP) is -0.582. The first-order valence-electron chi connectivity index (χ1n) is 2.95. The molecular weight excluding hydrogens is 144 g/mol. The maximum atomic E-state index is 10.7. The molecule has 5 heteroatoms. The fourth-order valence-electron chi connectivity index (χ4n) is 0.700. The Morgan fingerprint density at radius 3 is 3.09 bits per heavy atom. The Morgan fingerprint density at radius 2 is 2.55 bits per heavy atom. The van der Waals surface area contributed by atoms with Gasteiger partial charge in [-0.1, -0.05) is 0 Å². The number of anilines is 1. The number of aromatic nitrogens is 2. The van der Waals surface area contributed by atoms with Crippen molar-refractivity contribution in [2.75, 3.05) is 5.73 Å². The average molecular weight is 150 g/mol. The first kappa shape index (κ1) is 7.28. The van der Waals surface area contributed by atoms with E-state index in [1.54, 1.807) is 0 Å². The summed E-state index contributed by atoms with van der Waals surface area (Å²) in [6, 6.07) is 3.12. The Morgan fingerprint density at radius 1 is 1.82 bits per heavy atom. The van der Waals surface area contributed by atoms with Gasteiger partial charge in [0.2, 0.25) is 5.95 Å². The van der Waals surface area contributed by atoms with Gasteiger partial charge in [0.25, 0.3) is 5.56 Å². The largest absolute Gasteiger partial charge is 0.369 e. The van der Waals surface area contributed by atoms with Crippen LogP contribution in [0.2, 0.25) is 0 Å². The van der Waals surface area contributed by atoms with Gasteiger partial charge in [0.1, 0.15) is 0 Å². The van der Waals surface area contributed by atoms with Crippen LogP contribution in [0.4, 0.5) is 5.95 Å². The number of aromatic amines is 1. The lowest BCUT2D eigenvalue weighted by Gasteiger charge is -1.93. The summed E-state index contributed by atoms with van der Waals surface area (Å²) in [5, 5.41) is 8.26. The van der Waals surface area contributed by atoms with Crippen molar-refractivity contribution in [3.05, 3.63) is 22.1 Å². The molecule has 0 aliphatic carbocycles. The van der Waals surface area contributed by atoms with E-state index in [1.807, 2.05) is 6.07 Å². The van der Waals surface area contributed by atoms with Gasteiger partial charge in [0.05, 0.1) is 18.2 Å². The van der Waals surface area contributed by atoms with Gasteiger partial charge in [-0.25, -0.2) is 4.98 Å². The Hall–Kier alpha value is -1.83. The minimum absolute atomic E-state index is 0.0442. The molecule has 0 unspecified atom stereocenters. The van der Waals surface area contributed by atoms with Gasteiger partial charge < -0.3 is 5.73 Å². The molecule has 56 valence electrons. The lowest BCUT2D eigenvalue weighted by atomic mass is 10.3. The third-order valence-corrected chi connectivity index (χ3v) is 1.07. The van der Waals surface area contributed by atoms with Crippen LogP contribution in [-0.2, 0) is 6.42 Å². The molecule has 1 aromatic heterocycles. The summed E-state index contributed by atoms with van der Waals surface area (Å²) in [5.41, 5.74) is 5.28. The van der Waals surface area contributed by atoms with Gasteiger partial charge in [-0.2, -0.15) is 5.26 Å². The van der Waals surface area contributed by atoms with Crippen molar-refractivity contribution in [2.24, 2.45) is 0 Å². The maximum Gasteiger partial charge on any atom is 0.252 e. The van der Waals surface area contributed by atoms with Gasteiger partial charge in [-0.15, -0.1) is 0 Å². The zero-order valence-corrected chi connectivity index (χ0v) is 5.66. The van der Waals surface area contributed by atoms with Crippen molar-refractivity contribution in [3.63, 3.8) is 0 Å². The van der Waals surface area contributed by atoms with Gasteiger partial charge in [-0.05, 0) is 0 Å². The summed E-state index contributed by atoms with van der Waals surface area (Å²) in [7, 11) is 0. The molecule has 0 saturated heterocycles. The molecule has 1 aromatic rings. The van der Waals surface area contributed by atoms with Crippen molar-refractivity contribution >= 4 is 5.95 Å². The molecule has 3 N–H and O–H groups in total. The molecular formula is C6H6N4O. The fraction of sp³-hybridized carbons (Fsp3) is 0.167. The Bertz CT molecular complexity index is 348. The summed E-state index contributed by atoms with van der Waals surface area (Å²) >= 11 is 0. The molecule has 0 aliphatic rings. The lowest BCUT2D eigenvalue weighted by Crippen LogP contribution is -2.11. The second-order valence-corrected chi connectivity index (χ2v) is 1.96. The summed E-state index contributed by atoms with van der Waals surface area (Å²) in [6.07, 6.45) is 0.105. The van der Waals surface area contributed by atoms with Crippen LogP contribution in [0.5, 0.6) is 0 Å². The molecule has 0 aliphatic heterocycles. The zero-order valence-electron chi connectivity index (χ0n) is 5.66. The monoisotopic (exact) mass is 150 g/mol. The Labute approximate surface area is 62.5 Å². The number of nitrogens with one attached hydrogen (secondary N) is 1. The van der Waals surface area contributed by atoms with Crippen LogP contribution in [0, 0.1) is 11.3 Å². The highest BCUT2D eigenvalue weighted by atomic mass is 16.1. The molecule has 0 amide bonds. The van der Waals surface area contributed by atoms with Gasteiger partial charge in [0, 0.05) is 6.07 Å². The fourth-order valence-corrected chi connectivity index (χ4v) is 0.700. The second kappa shape index (κ2) is 2.84. The molecule has 11 heavy (non-hydrogen) atoms. The van der Waals surface area contributed by atoms with E-state index in [9.17, 15) is 4.79 Å². The van der Waals surface area contributed by atoms with Crippen LogP contribution < -0.4 is 11.3 Å². The van der Waals surface area contributed by atoms with Gasteiger partial charge >= 0.3 is 0 Å². The quantitative estimate of drug-likeness (QED) is 0.559. The van der Waals surface area contributed by atoms with Crippen LogP contribution in [-0.4, -0.2) is 9.97 Å². The van der Waals surface area contributed by atoms with Crippen molar-refractivity contribution in [1.29, 1.82) is 5.26 Å². The standard InChI is InChI=1S/C6H6N4O/c7-2-1-4-3-5(11)10-6(8)9-4/h3H,1H2,(H3,8,9,10,11). The van der Waals surface area contributed by atoms with Gasteiger partial charge in [-0.3, -0.25) is 9.78 Å². The van der Waals surface area contributed by atoms with Crippen LogP contribution in [0.3, 0.4) is 0 Å². The first-order valence-corrected chi connectivity index (χ1v) is 2.95. The van der Waals surface area contributed by atoms with E-state index >= 15 is 0 Å². The van der Waals surface area contributed by atoms with Crippen LogP contribution in [0.15, 0.2) is 10.9 Å². The molecule has 1 heterocycles. The van der Waals surface area contributed by atoms with E-state index in [0.29, 0.717) is 5.69 Å². The lowest BCUT2D eigenvalue weighted by molar-refractivity contribution is 1.04. The Balaban J connectivity index is 3.11. The first-order chi connectivity index (χ1) is 5.22. The number of hydrogen-bond acceptors (Lipinski definition) is 4. The number of nitrogens with two attached hydrogens (primary N) is 1. The number of nitrogen functional groups attached to an aromatic ring is 1. The molecule has 0 atom stereocenters. The topological polar surface area (TPSA) is 95.6 Å². The van der Waals surface area contributed by atoms with Crippen LogP contribution in [0.1, 0.15) is 5.69 Å². The minimum atomic E-state index is -0.331. The smallest absolute Gasteiger partial charge is 0.252 e. The molecule has 0 fully saturated rings. The highest BCUT2D eigenvalue weighted by Gasteiger charge is 1.95. The van der Waals surface area contributed by atoms with Crippen molar-refractivity contribution in [3.8, 4) is 6.07 Å². The van der Waals surface area contributed by atoms with Crippen molar-refractivity contribution in [2.45, 2.75) is 6.42 Å². The molecule has 1 rings (SSSR count). The van der Waals surface area contributed by atoms with Gasteiger partial charge in [0.15, 0.2) is 0 Å². The molecule has 0 bridgehead atoms. The summed E-state index contributed by atoms with van der Waals surface area (Å²) in [5.74, 6) is 0.0442. The second-order valence-electron chi connectivity index (χ2n) is 1.96. The molecule has 0 saturated carbocycles. The number of nitriles is 1. The third kappa shape index (κ3) is 1.79. The van der Waals surface area contributed by atoms with E-state index in [1.165, 1.54) is 6.07 Å². The van der Waals surface area contributed by atoms with Crippen molar-refractivity contribution in [1.82, 2.24) is 9.97 Å². The SMILES string of the molecule is N#CCc1cc(=O)[nH]c(N)n1. The zero-order chi connectivity index (χ0) is 8.27. The molecule has 5 nitrogen and oxygen atoms in total. The van der Waals surface area contributed by atoms with Crippen LogP contribution >= 0.6 is 0 Å². The molecule has 0 spiro atoms. The number of rotatable bonds is 1. The summed E-state index contributed by atoms with van der Waals surface area (Å²) in [4.78, 5) is 16.7. The van der Waals surface area contributed by atoms with E-state index in [2.05, 4.69) is 9.97 Å². The predicted molar refractivity (Wildman–Crippen MR) is 38.6 cm³/mol. The van der Waals surface area contributed by atoms with E-state index in [4.69, 9.17) is 11.0 Å². The van der Waals surface area contributed by atoms with Crippen LogP contribution in [0.25, 0.3) is 0 Å². The summed E-state index contributed by atoms with van der Waals surface area (Å²) < 4.78 is 0. The maximum absolute atomic E-state index is 10.7. The number of H-pyrrole nitrogens is 1. The normalized spacial score (nSPS) is 9.00. The van der Waals surface area contributed by atoms with E-state index in [0.717, 1.165) is 0 Å². The highest BCUT2D eigenvalue weighted by Crippen LogP contribution is 1.91.